The van der Waals surface area contributed by atoms with Crippen LogP contribution in [0.2, 0.25) is 0 Å². The smallest absolute Gasteiger partial charge is 0.268 e. The van der Waals surface area contributed by atoms with Crippen LogP contribution in [0, 0.1) is 0 Å². The number of aliphatic hydroxyl groups excluding tert-OH is 7. The molecule has 0 aromatic heterocycles. The number of phosphoric ester groups is 1. The Morgan fingerprint density at radius 3 is 2.06 bits per heavy atom. The van der Waals surface area contributed by atoms with Gasteiger partial charge in [0.15, 0.2) is 6.29 Å². The molecule has 1 saturated heterocycles. The Morgan fingerprint density at radius 1 is 0.882 bits per heavy atom. The molecule has 0 aromatic rings. The molecule has 1 saturated carbocycles. The number of unbranched alkanes of at least 4 members (excludes halogenated alkanes) is 3. The van der Waals surface area contributed by atoms with Crippen molar-refractivity contribution < 1.29 is 63.7 Å². The van der Waals surface area contributed by atoms with Crippen LogP contribution in [0.5, 0.6) is 0 Å². The molecule has 2 aliphatic rings. The molecule has 202 valence electrons. The van der Waals surface area contributed by atoms with Gasteiger partial charge in [-0.1, -0.05) is 12.8 Å². The first-order chi connectivity index (χ1) is 15.9. The van der Waals surface area contributed by atoms with Crippen LogP contribution in [0.15, 0.2) is 0 Å². The fraction of sp³-hybridized carbons (Fsp3) is 1.00. The molecule has 16 heteroatoms. The molecule has 12 atom stereocenters. The van der Waals surface area contributed by atoms with E-state index in [-0.39, 0.29) is 6.61 Å². The summed E-state index contributed by atoms with van der Waals surface area (Å²) in [5.74, 6) is 0.699. The normalized spacial score (nSPS) is 42.9. The van der Waals surface area contributed by atoms with Crippen LogP contribution in [-0.2, 0) is 23.1 Å². The average Bonchev–Trinajstić information content (AvgIpc) is 2.80. The third kappa shape index (κ3) is 7.54. The molecule has 0 spiro atoms. The number of rotatable bonds is 12. The molecule has 2 rings (SSSR count). The van der Waals surface area contributed by atoms with Crippen molar-refractivity contribution in [3.05, 3.63) is 0 Å². The van der Waals surface area contributed by atoms with Crippen molar-refractivity contribution in [2.24, 2.45) is 5.73 Å². The van der Waals surface area contributed by atoms with E-state index >= 15 is 0 Å². The highest BCUT2D eigenvalue weighted by molar-refractivity contribution is 7.80. The molecule has 14 nitrogen and oxygen atoms in total. The van der Waals surface area contributed by atoms with Crippen LogP contribution in [0.25, 0.3) is 0 Å². The second-order valence-corrected chi connectivity index (χ2v) is 10.1. The van der Waals surface area contributed by atoms with Crippen LogP contribution >= 0.6 is 20.5 Å². The van der Waals surface area contributed by atoms with E-state index in [1.54, 1.807) is 0 Å². The molecule has 34 heavy (non-hydrogen) atoms. The summed E-state index contributed by atoms with van der Waals surface area (Å²) in [5, 5.41) is 70.2. The van der Waals surface area contributed by atoms with Crippen LogP contribution in [0.3, 0.4) is 0 Å². The first kappa shape index (κ1) is 30.3. The van der Waals surface area contributed by atoms with Gasteiger partial charge < -0.3 is 64.9 Å². The van der Waals surface area contributed by atoms with Crippen molar-refractivity contribution in [1.82, 2.24) is 0 Å². The summed E-state index contributed by atoms with van der Waals surface area (Å²) in [6.45, 7) is -0.951. The summed E-state index contributed by atoms with van der Waals surface area (Å²) >= 11 is 4.08. The lowest BCUT2D eigenvalue weighted by atomic mass is 9.84. The largest absolute Gasteiger partial charge is 0.756 e. The number of ether oxygens (including phenoxy) is 2. The van der Waals surface area contributed by atoms with Gasteiger partial charge >= 0.3 is 0 Å². The van der Waals surface area contributed by atoms with Crippen molar-refractivity contribution in [3.63, 3.8) is 0 Å². The molecule has 2 fully saturated rings. The summed E-state index contributed by atoms with van der Waals surface area (Å²) in [5.41, 5.74) is 5.79. The third-order valence-electron chi connectivity index (χ3n) is 5.82. The Morgan fingerprint density at radius 2 is 1.47 bits per heavy atom. The van der Waals surface area contributed by atoms with Crippen LogP contribution in [-0.4, -0.2) is 122 Å². The lowest BCUT2D eigenvalue weighted by Crippen LogP contribution is -2.68. The molecule has 1 aliphatic carbocycles. The molecular formula is C18H35NO13PS-. The van der Waals surface area contributed by atoms with Crippen LogP contribution in [0.4, 0.5) is 0 Å². The van der Waals surface area contributed by atoms with Crippen molar-refractivity contribution in [1.29, 1.82) is 0 Å². The Bertz CT molecular complexity index is 663. The van der Waals surface area contributed by atoms with Gasteiger partial charge in [-0.2, -0.15) is 12.6 Å². The predicted octanol–water partition coefficient (Wildman–Crippen LogP) is -4.04. The number of phosphoric acid groups is 1. The Balaban J connectivity index is 2.13. The van der Waals surface area contributed by atoms with Crippen molar-refractivity contribution in [3.8, 4) is 0 Å². The Labute approximate surface area is 202 Å². The lowest BCUT2D eigenvalue weighted by molar-refractivity contribution is -0.320. The van der Waals surface area contributed by atoms with Crippen molar-refractivity contribution in [2.75, 3.05) is 19.0 Å². The first-order valence-electron chi connectivity index (χ1n) is 11.0. The maximum Gasteiger partial charge on any atom is 0.268 e. The number of hydrogen-bond donors (Lipinski definition) is 9. The zero-order chi connectivity index (χ0) is 25.6. The van der Waals surface area contributed by atoms with E-state index in [2.05, 4.69) is 12.6 Å². The van der Waals surface area contributed by atoms with E-state index in [1.165, 1.54) is 0 Å². The van der Waals surface area contributed by atoms with Gasteiger partial charge in [-0.05, 0) is 18.6 Å². The predicted molar refractivity (Wildman–Crippen MR) is 115 cm³/mol. The van der Waals surface area contributed by atoms with E-state index in [0.717, 1.165) is 12.8 Å². The minimum atomic E-state index is -5.08. The van der Waals surface area contributed by atoms with Gasteiger partial charge in [0.2, 0.25) is 0 Å². The number of nitrogens with two attached hydrogens (primary N) is 1. The molecule has 9 N–H and O–H groups in total. The zero-order valence-electron chi connectivity index (χ0n) is 18.4. The van der Waals surface area contributed by atoms with Crippen molar-refractivity contribution in [2.45, 2.75) is 93.0 Å². The lowest BCUT2D eigenvalue weighted by Gasteiger charge is -2.48. The van der Waals surface area contributed by atoms with Crippen LogP contribution in [0.1, 0.15) is 25.7 Å². The minimum absolute atomic E-state index is 0.214. The first-order valence-corrected chi connectivity index (χ1v) is 13.0. The molecule has 0 bridgehead atoms. The third-order valence-corrected chi connectivity index (χ3v) is 7.14. The quantitative estimate of drug-likeness (QED) is 0.0655. The number of aliphatic hydroxyl groups is 7. The maximum absolute atomic E-state index is 12.3. The van der Waals surface area contributed by atoms with Gasteiger partial charge in [0.1, 0.15) is 54.9 Å². The summed E-state index contributed by atoms with van der Waals surface area (Å²) in [4.78, 5) is 12.3. The molecular weight excluding hydrogens is 501 g/mol. The van der Waals surface area contributed by atoms with E-state index in [9.17, 15) is 45.2 Å². The zero-order valence-corrected chi connectivity index (χ0v) is 20.1. The summed E-state index contributed by atoms with van der Waals surface area (Å²) in [7, 11) is -5.08. The fourth-order valence-electron chi connectivity index (χ4n) is 3.77. The molecule has 0 radical (unpaired) electrons. The average molecular weight is 537 g/mol. The van der Waals surface area contributed by atoms with Gasteiger partial charge in [-0.25, -0.2) is 0 Å². The standard InChI is InChI=1S/C18H36NO13PS/c19-9-11(22)10(21)8(7-20)30-18(9)31-16-14(25)12(23)13(24)15(26)17(16)32-33(27,28)29-5-3-1-2-4-6-34/h8-18,20-26,34H,1-7,19H2,(H,27,28)/p-1/t8-,9-,10-,11-,12-,13-,14+,15-,16-,17-,18-/m1/s1. The van der Waals surface area contributed by atoms with Gasteiger partial charge in [0.25, 0.3) is 7.82 Å². The molecule has 1 unspecified atom stereocenters. The number of hydrogen-bond acceptors (Lipinski definition) is 15. The molecule has 1 aliphatic heterocycles. The summed E-state index contributed by atoms with van der Waals surface area (Å²) in [6, 6.07) is -1.43. The van der Waals surface area contributed by atoms with Crippen LogP contribution < -0.4 is 10.6 Å². The molecule has 0 aromatic carbocycles. The second-order valence-electron chi connectivity index (χ2n) is 8.34. The Hall–Kier alpha value is 0.0600. The topological polar surface area (TPSA) is 245 Å². The molecule has 1 heterocycles. The van der Waals surface area contributed by atoms with Gasteiger partial charge in [-0.15, -0.1) is 0 Å². The number of thiol groups is 1. The highest BCUT2D eigenvalue weighted by Crippen LogP contribution is 2.44. The van der Waals surface area contributed by atoms with E-state index in [1.807, 2.05) is 0 Å². The SMILES string of the molecule is N[C@H]1[C@@H](O[C@@H]2[C@@H](O)[C@H](O)[C@@H](O)[C@@H](O)[C@H]2OP(=O)([O-])OCCCCCCS)O[C@H](CO)[C@@H](O)[C@@H]1O. The monoisotopic (exact) mass is 536 g/mol. The van der Waals surface area contributed by atoms with E-state index < -0.39 is 81.7 Å². The highest BCUT2D eigenvalue weighted by Gasteiger charge is 2.54. The minimum Gasteiger partial charge on any atom is -0.756 e. The summed E-state index contributed by atoms with van der Waals surface area (Å²) < 4.78 is 32.8. The summed E-state index contributed by atoms with van der Waals surface area (Å²) in [6.07, 6.45) is -15.2. The highest BCUT2D eigenvalue weighted by atomic mass is 32.1. The van der Waals surface area contributed by atoms with Gasteiger partial charge in [-0.3, -0.25) is 4.57 Å². The van der Waals surface area contributed by atoms with E-state index in [4.69, 9.17) is 24.3 Å². The Kier molecular flexibility index (Phi) is 12.1. The van der Waals surface area contributed by atoms with Gasteiger partial charge in [0.05, 0.1) is 19.3 Å². The maximum atomic E-state index is 12.3. The van der Waals surface area contributed by atoms with E-state index in [0.29, 0.717) is 18.6 Å². The van der Waals surface area contributed by atoms with Crippen molar-refractivity contribution >= 4 is 20.5 Å². The van der Waals surface area contributed by atoms with Gasteiger partial charge in [0, 0.05) is 0 Å². The molecule has 0 amide bonds. The second kappa shape index (κ2) is 13.6. The fourth-order valence-corrected chi connectivity index (χ4v) is 4.95.